The number of aromatic nitrogens is 2. The van der Waals surface area contributed by atoms with E-state index in [2.05, 4.69) is 23.3 Å². The minimum absolute atomic E-state index is 0.137. The molecule has 2 heterocycles. The van der Waals surface area contributed by atoms with Gasteiger partial charge in [-0.25, -0.2) is 13.4 Å². The molecule has 0 aliphatic heterocycles. The number of anilines is 1. The van der Waals surface area contributed by atoms with Gasteiger partial charge in [0.25, 0.3) is 0 Å². The minimum Gasteiger partial charge on any atom is -0.319 e. The molecule has 0 saturated heterocycles. The highest BCUT2D eigenvalue weighted by Crippen LogP contribution is 2.39. The smallest absolute Gasteiger partial charge is 0.243 e. The summed E-state index contributed by atoms with van der Waals surface area (Å²) in [4.78, 5) is 18.9. The van der Waals surface area contributed by atoms with Gasteiger partial charge in [-0.2, -0.15) is 9.57 Å². The molecule has 11 heteroatoms. The maximum atomic E-state index is 12.9. The maximum Gasteiger partial charge on any atom is 0.243 e. The summed E-state index contributed by atoms with van der Waals surface area (Å²) in [5.74, 6) is 0.534. The number of nitriles is 1. The second-order valence-corrected chi connectivity index (χ2v) is 12.9. The monoisotopic (exact) mass is 545 g/mol. The molecule has 2 aromatic heterocycles. The summed E-state index contributed by atoms with van der Waals surface area (Å²) >= 11 is 2.82. The fraction of sp³-hybridized carbons (Fsp3) is 0.480. The Labute approximate surface area is 220 Å². The third-order valence-corrected chi connectivity index (χ3v) is 10.7. The lowest BCUT2D eigenvalue weighted by molar-refractivity contribution is -0.113. The van der Waals surface area contributed by atoms with Gasteiger partial charge >= 0.3 is 0 Å². The van der Waals surface area contributed by atoms with Crippen LogP contribution in [0.25, 0.3) is 11.0 Å². The number of nitrogens with one attached hydrogen (secondary N) is 1. The predicted molar refractivity (Wildman–Crippen MR) is 145 cm³/mol. The van der Waals surface area contributed by atoms with E-state index < -0.39 is 10.0 Å². The topological polar surface area (TPSA) is 108 Å². The highest BCUT2D eigenvalue weighted by atomic mass is 32.2. The molecule has 1 aromatic carbocycles. The number of carbonyl (C=O) groups is 1. The van der Waals surface area contributed by atoms with Crippen LogP contribution in [0.5, 0.6) is 0 Å². The first-order valence-electron chi connectivity index (χ1n) is 12.2. The summed E-state index contributed by atoms with van der Waals surface area (Å²) in [5, 5.41) is 13.9. The summed E-state index contributed by atoms with van der Waals surface area (Å²) in [6.45, 7) is 9.27. The number of carbonyl (C=O) groups excluding carboxylic acids is 1. The molecule has 1 amide bonds. The Bertz CT molecular complexity index is 1430. The normalized spacial score (nSPS) is 15.7. The number of sulfonamides is 1. The van der Waals surface area contributed by atoms with Crippen LogP contribution in [-0.2, 0) is 34.2 Å². The van der Waals surface area contributed by atoms with Gasteiger partial charge in [-0.3, -0.25) is 4.79 Å². The van der Waals surface area contributed by atoms with Crippen molar-refractivity contribution in [3.63, 3.8) is 0 Å². The zero-order chi connectivity index (χ0) is 26.0. The van der Waals surface area contributed by atoms with E-state index in [1.807, 2.05) is 25.3 Å². The van der Waals surface area contributed by atoms with E-state index in [4.69, 9.17) is 0 Å². The van der Waals surface area contributed by atoms with Crippen LogP contribution in [0.15, 0.2) is 28.3 Å². The molecule has 0 unspecified atom stereocenters. The number of nitrogens with zero attached hydrogens (tertiary/aromatic N) is 4. The fourth-order valence-corrected chi connectivity index (χ4v) is 8.36. The molecule has 0 saturated carbocycles. The van der Waals surface area contributed by atoms with Crippen LogP contribution >= 0.6 is 23.1 Å². The molecular weight excluding hydrogens is 515 g/mol. The lowest BCUT2D eigenvalue weighted by Crippen LogP contribution is -2.30. The zero-order valence-electron chi connectivity index (χ0n) is 21.0. The Morgan fingerprint density at radius 1 is 1.33 bits per heavy atom. The van der Waals surface area contributed by atoms with Gasteiger partial charge < -0.3 is 9.88 Å². The van der Waals surface area contributed by atoms with Crippen molar-refractivity contribution in [3.8, 4) is 6.07 Å². The number of rotatable bonds is 9. The molecule has 36 heavy (non-hydrogen) atoms. The van der Waals surface area contributed by atoms with Crippen molar-refractivity contribution in [1.29, 1.82) is 5.26 Å². The van der Waals surface area contributed by atoms with Crippen LogP contribution in [0, 0.1) is 17.2 Å². The van der Waals surface area contributed by atoms with E-state index in [0.717, 1.165) is 30.3 Å². The molecule has 0 radical (unpaired) electrons. The van der Waals surface area contributed by atoms with Crippen molar-refractivity contribution in [3.05, 3.63) is 34.2 Å². The van der Waals surface area contributed by atoms with Crippen LogP contribution in [-0.4, -0.2) is 47.0 Å². The number of thioether (sulfide) groups is 1. The average Bonchev–Trinajstić information content (AvgIpc) is 3.38. The molecule has 8 nitrogen and oxygen atoms in total. The highest BCUT2D eigenvalue weighted by Gasteiger charge is 2.25. The first-order chi connectivity index (χ1) is 17.2. The summed E-state index contributed by atoms with van der Waals surface area (Å²) in [6, 6.07) is 7.29. The molecule has 0 bridgehead atoms. The van der Waals surface area contributed by atoms with Crippen LogP contribution in [0.4, 0.5) is 5.00 Å². The van der Waals surface area contributed by atoms with Crippen LogP contribution in [0.2, 0.25) is 0 Å². The van der Waals surface area contributed by atoms with Gasteiger partial charge in [-0.1, -0.05) is 32.5 Å². The number of hydrogen-bond acceptors (Lipinski definition) is 7. The number of amides is 1. The third-order valence-electron chi connectivity index (χ3n) is 6.55. The van der Waals surface area contributed by atoms with Crippen LogP contribution < -0.4 is 5.32 Å². The Morgan fingerprint density at radius 2 is 2.08 bits per heavy atom. The molecule has 3 aromatic rings. The van der Waals surface area contributed by atoms with Gasteiger partial charge in [-0.15, -0.1) is 11.3 Å². The van der Waals surface area contributed by atoms with E-state index in [0.29, 0.717) is 46.8 Å². The Balaban J connectivity index is 1.53. The molecule has 0 fully saturated rings. The highest BCUT2D eigenvalue weighted by molar-refractivity contribution is 7.99. The van der Waals surface area contributed by atoms with Crippen molar-refractivity contribution in [2.45, 2.75) is 63.6 Å². The quantitative estimate of drug-likeness (QED) is 0.384. The van der Waals surface area contributed by atoms with Gasteiger partial charge in [-0.05, 0) is 55.9 Å². The maximum absolute atomic E-state index is 12.9. The predicted octanol–water partition coefficient (Wildman–Crippen LogP) is 4.88. The van der Waals surface area contributed by atoms with Crippen molar-refractivity contribution < 1.29 is 13.2 Å². The second-order valence-electron chi connectivity index (χ2n) is 8.88. The van der Waals surface area contributed by atoms with E-state index >= 15 is 0 Å². The van der Waals surface area contributed by atoms with Crippen molar-refractivity contribution in [2.24, 2.45) is 5.92 Å². The molecule has 0 spiro atoms. The number of thiophene rings is 1. The number of aryl methyl sites for hydroxylation is 1. The van der Waals surface area contributed by atoms with E-state index in [-0.39, 0.29) is 16.6 Å². The first-order valence-corrected chi connectivity index (χ1v) is 15.4. The van der Waals surface area contributed by atoms with Gasteiger partial charge in [0.2, 0.25) is 15.9 Å². The molecule has 1 aliphatic carbocycles. The van der Waals surface area contributed by atoms with Gasteiger partial charge in [0.1, 0.15) is 11.1 Å². The van der Waals surface area contributed by atoms with E-state index in [1.165, 1.54) is 32.3 Å². The van der Waals surface area contributed by atoms with Crippen LogP contribution in [0.1, 0.15) is 50.1 Å². The molecule has 1 aliphatic rings. The number of fused-ring (bicyclic) bond motifs is 2. The van der Waals surface area contributed by atoms with Crippen molar-refractivity contribution in [1.82, 2.24) is 13.9 Å². The molecule has 1 atom stereocenters. The Hall–Kier alpha value is -2.39. The summed E-state index contributed by atoms with van der Waals surface area (Å²) in [7, 11) is -3.59. The number of hydrogen-bond donors (Lipinski definition) is 1. The Kier molecular flexibility index (Phi) is 8.09. The Morgan fingerprint density at radius 3 is 2.75 bits per heavy atom. The SMILES string of the molecule is CCN(CC)S(=O)(=O)c1ccc2c(c1)nc(SCC(=O)Nc1sc3c(c1C#N)CC[C@@H](C)C3)n2CC. The minimum atomic E-state index is -3.59. The first kappa shape index (κ1) is 26.7. The lowest BCUT2D eigenvalue weighted by atomic mass is 9.89. The van der Waals surface area contributed by atoms with Gasteiger partial charge in [0, 0.05) is 24.5 Å². The standard InChI is InChI=1S/C25H31N5O3S3/c1-5-29(6-2)36(32,33)17-9-11-21-20(13-17)27-25(30(21)7-3)34-15-23(31)28-24-19(14-26)18-10-8-16(4)12-22(18)35-24/h9,11,13,16H,5-8,10,12,15H2,1-4H3,(H,28,31)/t16-/m1/s1. The summed E-state index contributed by atoms with van der Waals surface area (Å²) < 4.78 is 29.3. The van der Waals surface area contributed by atoms with Gasteiger partial charge in [0.05, 0.1) is 27.2 Å². The summed E-state index contributed by atoms with van der Waals surface area (Å²) in [6.07, 6.45) is 2.89. The van der Waals surface area contributed by atoms with Crippen LogP contribution in [0.3, 0.4) is 0 Å². The number of imidazole rings is 1. The fourth-order valence-electron chi connectivity index (χ4n) is 4.63. The molecule has 1 N–H and O–H groups in total. The molecule has 4 rings (SSSR count). The summed E-state index contributed by atoms with van der Waals surface area (Å²) in [5.41, 5.74) is 3.10. The largest absolute Gasteiger partial charge is 0.319 e. The van der Waals surface area contributed by atoms with Crippen molar-refractivity contribution in [2.75, 3.05) is 24.2 Å². The zero-order valence-corrected chi connectivity index (χ0v) is 23.4. The van der Waals surface area contributed by atoms with E-state index in [1.54, 1.807) is 18.2 Å². The lowest BCUT2D eigenvalue weighted by Gasteiger charge is -2.18. The van der Waals surface area contributed by atoms with Crippen molar-refractivity contribution >= 4 is 55.1 Å². The molecule has 192 valence electrons. The molecular formula is C25H31N5O3S3. The second kappa shape index (κ2) is 10.9. The average molecular weight is 546 g/mol. The van der Waals surface area contributed by atoms with E-state index in [9.17, 15) is 18.5 Å². The van der Waals surface area contributed by atoms with Gasteiger partial charge in [0.15, 0.2) is 5.16 Å². The number of benzene rings is 1. The third kappa shape index (κ3) is 5.05.